The maximum absolute atomic E-state index is 9.92. The van der Waals surface area contributed by atoms with Crippen LogP contribution in [0.5, 0.6) is 0 Å². The Morgan fingerprint density at radius 3 is 1.10 bits per heavy atom. The Labute approximate surface area is 191 Å². The molecule has 0 aromatic rings. The summed E-state index contributed by atoms with van der Waals surface area (Å²) in [5.74, 6) is -2.31. The van der Waals surface area contributed by atoms with E-state index in [1.165, 1.54) is 0 Å². The first-order chi connectivity index (χ1) is 13.2. The molecule has 0 aromatic heterocycles. The van der Waals surface area contributed by atoms with Crippen LogP contribution in [0.25, 0.3) is 0 Å². The summed E-state index contributed by atoms with van der Waals surface area (Å²) in [4.78, 5) is 44.0. The third-order valence-corrected chi connectivity index (χ3v) is 3.09. The second-order valence-corrected chi connectivity index (χ2v) is 8.92. The van der Waals surface area contributed by atoms with Gasteiger partial charge in [0.25, 0.3) is 0 Å². The number of esters is 4. The normalized spacial score (nSPS) is 17.1. The second-order valence-electron chi connectivity index (χ2n) is 8.92. The minimum absolute atomic E-state index is 0. The van der Waals surface area contributed by atoms with Gasteiger partial charge in [0.15, 0.2) is 0 Å². The quantitative estimate of drug-likeness (QED) is 0.318. The van der Waals surface area contributed by atoms with Gasteiger partial charge in [0.2, 0.25) is 6.67 Å². The molecule has 0 atom stereocenters. The van der Waals surface area contributed by atoms with E-state index < -0.39 is 23.9 Å². The zero-order valence-electron chi connectivity index (χ0n) is 18.0. The van der Waals surface area contributed by atoms with Crippen molar-refractivity contribution in [2.24, 2.45) is 10.8 Å². The van der Waals surface area contributed by atoms with E-state index in [-0.39, 0.29) is 20.4 Å². The number of rotatable bonds is 2. The van der Waals surface area contributed by atoms with Gasteiger partial charge < -0.3 is 19.3 Å². The Hall–Kier alpha value is -2.24. The van der Waals surface area contributed by atoms with Crippen molar-refractivity contribution < 1.29 is 49.1 Å². The van der Waals surface area contributed by atoms with Gasteiger partial charge in [-0.15, -0.1) is 0 Å². The zero-order valence-corrected chi connectivity index (χ0v) is 19.6. The summed E-state index contributed by atoms with van der Waals surface area (Å²) < 4.78 is 7.94. The van der Waals surface area contributed by atoms with Crippen LogP contribution in [0, 0.1) is 17.5 Å². The van der Waals surface area contributed by atoms with E-state index in [9.17, 15) is 19.2 Å². The molecule has 3 heterocycles. The number of hydrogen-bond donors (Lipinski definition) is 0. The van der Waals surface area contributed by atoms with E-state index in [0.717, 1.165) is 37.4 Å². The van der Waals surface area contributed by atoms with Gasteiger partial charge in [-0.25, -0.2) is 19.2 Å². The van der Waals surface area contributed by atoms with E-state index >= 15 is 0 Å². The molecule has 0 amide bonds. The third-order valence-electron chi connectivity index (χ3n) is 3.09. The van der Waals surface area contributed by atoms with E-state index in [1.54, 1.807) is 0 Å². The molecule has 3 rings (SSSR count). The molecule has 0 N–H and O–H groups in total. The SMILES string of the molecule is CC(C)(C)CN1[C]N(CC(C)(C)C)C=C1.O=C1C=CC(=O)O1.O=C1C=CC(=O)O1.[Pd]. The molecule has 168 valence electrons. The fourth-order valence-corrected chi connectivity index (χ4v) is 2.20. The van der Waals surface area contributed by atoms with Gasteiger partial charge in [0.05, 0.1) is 0 Å². The first kappa shape index (κ1) is 27.8. The van der Waals surface area contributed by atoms with Crippen molar-refractivity contribution in [3.8, 4) is 0 Å². The molecule has 0 aromatic carbocycles. The molecule has 8 nitrogen and oxygen atoms in total. The van der Waals surface area contributed by atoms with Crippen LogP contribution in [-0.4, -0.2) is 46.8 Å². The van der Waals surface area contributed by atoms with E-state index in [4.69, 9.17) is 0 Å². The molecule has 0 saturated carbocycles. The zero-order chi connectivity index (χ0) is 22.2. The van der Waals surface area contributed by atoms with Crippen LogP contribution in [0.3, 0.4) is 0 Å². The molecule has 30 heavy (non-hydrogen) atoms. The number of carbonyl (C=O) groups is 4. The fourth-order valence-electron chi connectivity index (χ4n) is 2.20. The molecular formula is C21H28N2O6Pd. The van der Waals surface area contributed by atoms with Gasteiger partial charge in [-0.05, 0) is 10.8 Å². The van der Waals surface area contributed by atoms with Crippen molar-refractivity contribution in [1.82, 2.24) is 9.80 Å². The van der Waals surface area contributed by atoms with Crippen molar-refractivity contribution in [2.45, 2.75) is 41.5 Å². The Balaban J connectivity index is 0.000000467. The van der Waals surface area contributed by atoms with E-state index in [0.29, 0.717) is 10.8 Å². The minimum atomic E-state index is -0.579. The number of cyclic esters (lactones) is 4. The Morgan fingerprint density at radius 2 is 0.933 bits per heavy atom. The Kier molecular flexibility index (Phi) is 10.9. The topological polar surface area (TPSA) is 93.2 Å². The number of nitrogens with zero attached hydrogens (tertiary/aromatic N) is 2. The summed E-state index contributed by atoms with van der Waals surface area (Å²) in [6, 6.07) is 0. The second kappa shape index (κ2) is 11.8. The first-order valence-electron chi connectivity index (χ1n) is 9.09. The standard InChI is InChI=1S/C13H24N2.2C4H2O3.Pd/c1-12(2,3)9-14-7-8-15(11-14)10-13(4,5)6;2*5-3-1-2-4(6)7-3;/h7-8H,9-10H2,1-6H3;2*1-2H;. The Bertz CT molecular complexity index is 637. The van der Waals surface area contributed by atoms with Crippen LogP contribution >= 0.6 is 0 Å². The van der Waals surface area contributed by atoms with Crippen LogP contribution in [0.4, 0.5) is 0 Å². The third kappa shape index (κ3) is 13.1. The molecule has 0 aliphatic carbocycles. The predicted octanol–water partition coefficient (Wildman–Crippen LogP) is 2.41. The fraction of sp³-hybridized carbons (Fsp3) is 0.476. The van der Waals surface area contributed by atoms with Crippen LogP contribution < -0.4 is 0 Å². The maximum Gasteiger partial charge on any atom is 0.338 e. The molecule has 0 fully saturated rings. The predicted molar refractivity (Wildman–Crippen MR) is 105 cm³/mol. The summed E-state index contributed by atoms with van der Waals surface area (Å²) in [6.45, 7) is 18.9. The minimum Gasteiger partial charge on any atom is -0.387 e. The van der Waals surface area contributed by atoms with Gasteiger partial charge in [0, 0.05) is 70.2 Å². The molecular weight excluding hydrogens is 483 g/mol. The van der Waals surface area contributed by atoms with Crippen molar-refractivity contribution in [3.05, 3.63) is 43.4 Å². The van der Waals surface area contributed by atoms with Crippen molar-refractivity contribution in [2.75, 3.05) is 13.1 Å². The van der Waals surface area contributed by atoms with Crippen molar-refractivity contribution in [1.29, 1.82) is 0 Å². The molecule has 0 bridgehead atoms. The molecule has 3 aliphatic rings. The van der Waals surface area contributed by atoms with Crippen LogP contribution in [0.15, 0.2) is 36.7 Å². The summed E-state index contributed by atoms with van der Waals surface area (Å²) in [6.07, 6.45) is 8.56. The van der Waals surface area contributed by atoms with Gasteiger partial charge in [0.1, 0.15) is 0 Å². The number of carbonyl (C=O) groups excluding carboxylic acids is 4. The molecule has 0 unspecified atom stereocenters. The van der Waals surface area contributed by atoms with Gasteiger partial charge >= 0.3 is 23.9 Å². The smallest absolute Gasteiger partial charge is 0.338 e. The van der Waals surface area contributed by atoms with Gasteiger partial charge in [-0.2, -0.15) is 0 Å². The summed E-state index contributed by atoms with van der Waals surface area (Å²) >= 11 is 0. The first-order valence-corrected chi connectivity index (χ1v) is 9.09. The van der Waals surface area contributed by atoms with Crippen LogP contribution in [0.1, 0.15) is 41.5 Å². The van der Waals surface area contributed by atoms with Crippen molar-refractivity contribution >= 4 is 23.9 Å². The van der Waals surface area contributed by atoms with Crippen molar-refractivity contribution in [3.63, 3.8) is 0 Å². The van der Waals surface area contributed by atoms with E-state index in [2.05, 4.69) is 79.9 Å². The number of ether oxygens (including phenoxy) is 2. The van der Waals surface area contributed by atoms with Crippen LogP contribution in [-0.2, 0) is 49.1 Å². The average Bonchev–Trinajstić information content (AvgIpc) is 3.21. The van der Waals surface area contributed by atoms with Gasteiger partial charge in [-0.3, -0.25) is 0 Å². The summed E-state index contributed by atoms with van der Waals surface area (Å²) in [5, 5.41) is 0. The van der Waals surface area contributed by atoms with Crippen LogP contribution in [0.2, 0.25) is 0 Å². The maximum atomic E-state index is 9.92. The molecule has 0 spiro atoms. The number of hydrogen-bond acceptors (Lipinski definition) is 8. The summed E-state index contributed by atoms with van der Waals surface area (Å²) in [7, 11) is 0. The Morgan fingerprint density at radius 1 is 0.667 bits per heavy atom. The largest absolute Gasteiger partial charge is 0.387 e. The average molecular weight is 511 g/mol. The molecule has 9 heteroatoms. The monoisotopic (exact) mass is 510 g/mol. The molecule has 0 saturated heterocycles. The molecule has 2 radical (unpaired) electrons. The summed E-state index contributed by atoms with van der Waals surface area (Å²) in [5.41, 5.74) is 0.629. The molecule has 3 aliphatic heterocycles. The van der Waals surface area contributed by atoms with E-state index in [1.807, 2.05) is 0 Å². The van der Waals surface area contributed by atoms with Gasteiger partial charge in [-0.1, -0.05) is 41.5 Å².